The average Bonchev–Trinajstić information content (AvgIpc) is 3.44. The fourth-order valence-electron chi connectivity index (χ4n) is 3.77. The highest BCUT2D eigenvalue weighted by Gasteiger charge is 2.30. The maximum Gasteiger partial charge on any atom is 0.399 e. The molecule has 0 amide bonds. The predicted molar refractivity (Wildman–Crippen MR) is 162 cm³/mol. The number of aliphatic carboxylic acids is 1. The number of benzene rings is 3. The van der Waals surface area contributed by atoms with Gasteiger partial charge in [-0.05, 0) is 70.4 Å². The lowest BCUT2D eigenvalue weighted by atomic mass is 10.1. The molecular formula is C27H22BrCl2F2N2O6PS. The number of hydrogen-bond acceptors (Lipinski definition) is 8. The van der Waals surface area contributed by atoms with E-state index in [1.165, 1.54) is 25.2 Å². The number of ether oxygens (including phenoxy) is 1. The predicted octanol–water partition coefficient (Wildman–Crippen LogP) is 9.95. The van der Waals surface area contributed by atoms with Crippen LogP contribution in [-0.4, -0.2) is 21.7 Å². The Labute approximate surface area is 262 Å². The number of carbonyl (C=O) groups is 1. The van der Waals surface area contributed by atoms with Gasteiger partial charge in [0.05, 0.1) is 28.4 Å². The number of rotatable bonds is 12. The molecule has 15 heteroatoms. The van der Waals surface area contributed by atoms with Crippen LogP contribution in [0.25, 0.3) is 11.3 Å². The number of anilines is 2. The molecular weight excluding hydrogens is 700 g/mol. The van der Waals surface area contributed by atoms with Gasteiger partial charge in [-0.15, -0.1) is 20.8 Å². The molecule has 0 aliphatic carbocycles. The zero-order valence-electron chi connectivity index (χ0n) is 21.9. The molecule has 0 aliphatic heterocycles. The summed E-state index contributed by atoms with van der Waals surface area (Å²) in [6.45, 7) is 3.22. The molecule has 0 unspecified atom stereocenters. The quantitative estimate of drug-likeness (QED) is 0.144. The molecule has 1 heterocycles. The van der Waals surface area contributed by atoms with E-state index in [0.717, 1.165) is 5.56 Å². The number of carboxylic acid groups (broad SMARTS) is 1. The topological polar surface area (TPSA) is 98.2 Å². The van der Waals surface area contributed by atoms with Gasteiger partial charge in [-0.2, -0.15) is 0 Å². The van der Waals surface area contributed by atoms with Gasteiger partial charge >= 0.3 is 13.6 Å². The lowest BCUT2D eigenvalue weighted by Crippen LogP contribution is -2.37. The first-order chi connectivity index (χ1) is 19.8. The first-order valence-electron chi connectivity index (χ1n) is 12.0. The molecule has 42 heavy (non-hydrogen) atoms. The molecule has 0 saturated carbocycles. The van der Waals surface area contributed by atoms with E-state index in [9.17, 15) is 23.5 Å². The van der Waals surface area contributed by atoms with Crippen LogP contribution < -0.4 is 9.64 Å². The summed E-state index contributed by atoms with van der Waals surface area (Å²) in [7, 11) is -4.57. The highest BCUT2D eigenvalue weighted by atomic mass is 79.9. The summed E-state index contributed by atoms with van der Waals surface area (Å²) in [5.41, 5.74) is 1.68. The zero-order valence-corrected chi connectivity index (χ0v) is 26.7. The van der Waals surface area contributed by atoms with Crippen molar-refractivity contribution in [3.8, 4) is 17.0 Å². The van der Waals surface area contributed by atoms with Gasteiger partial charge in [0.2, 0.25) is 0 Å². The Hall–Kier alpha value is -2.57. The first-order valence-corrected chi connectivity index (χ1v) is 16.2. The van der Waals surface area contributed by atoms with E-state index in [2.05, 4.69) is 25.4 Å². The Morgan fingerprint density at radius 3 is 2.48 bits per heavy atom. The molecule has 1 aromatic heterocycles. The van der Waals surface area contributed by atoms with E-state index in [1.807, 2.05) is 16.3 Å². The molecule has 4 aromatic rings. The van der Waals surface area contributed by atoms with Gasteiger partial charge in [-0.25, -0.2) is 9.78 Å². The number of carboxylic acids is 1. The van der Waals surface area contributed by atoms with Crippen molar-refractivity contribution in [2.24, 2.45) is 0 Å². The number of nitrogens with zero attached hydrogens (tertiary/aromatic N) is 2. The van der Waals surface area contributed by atoms with Crippen LogP contribution in [0.4, 0.5) is 19.9 Å². The maximum atomic E-state index is 12.6. The second-order valence-electron chi connectivity index (χ2n) is 9.48. The van der Waals surface area contributed by atoms with Gasteiger partial charge in [0.1, 0.15) is 5.75 Å². The Morgan fingerprint density at radius 2 is 1.83 bits per heavy atom. The van der Waals surface area contributed by atoms with Crippen LogP contribution in [0.1, 0.15) is 25.0 Å². The maximum absolute atomic E-state index is 12.6. The van der Waals surface area contributed by atoms with Gasteiger partial charge in [0, 0.05) is 21.1 Å². The van der Waals surface area contributed by atoms with Crippen LogP contribution in [-0.2, 0) is 31.5 Å². The van der Waals surface area contributed by atoms with Gasteiger partial charge < -0.3 is 14.7 Å². The van der Waals surface area contributed by atoms with Crippen LogP contribution in [0.15, 0.2) is 70.5 Å². The molecule has 8 nitrogen and oxygen atoms in total. The third kappa shape index (κ3) is 7.68. The smallest absolute Gasteiger partial charge is 0.399 e. The number of aromatic nitrogens is 1. The SMILES string of the molecule is CC(C)(Oc1cccc(-c2csc(N(Cc3ccc(CP(=O)(OF)OF)c(Br)c3)c3ccc(Cl)c(Cl)c3)n2)c1)C(=O)O. The van der Waals surface area contributed by atoms with E-state index in [-0.39, 0.29) is 6.54 Å². The third-order valence-corrected chi connectivity index (χ3v) is 9.48. The molecule has 3 aromatic carbocycles. The molecule has 222 valence electrons. The van der Waals surface area contributed by atoms with Crippen molar-refractivity contribution in [1.29, 1.82) is 0 Å². The Kier molecular flexibility index (Phi) is 10.3. The largest absolute Gasteiger partial charge is 0.478 e. The van der Waals surface area contributed by atoms with Crippen LogP contribution in [0.5, 0.6) is 5.75 Å². The first kappa shape index (κ1) is 32.3. The minimum atomic E-state index is -4.57. The van der Waals surface area contributed by atoms with Crippen molar-refractivity contribution in [2.45, 2.75) is 32.2 Å². The fourth-order valence-corrected chi connectivity index (χ4v) is 6.51. The van der Waals surface area contributed by atoms with E-state index in [4.69, 9.17) is 32.9 Å². The summed E-state index contributed by atoms with van der Waals surface area (Å²) in [6, 6.07) is 17.1. The molecule has 0 aliphatic rings. The third-order valence-electron chi connectivity index (χ3n) is 5.99. The van der Waals surface area contributed by atoms with Gasteiger partial charge in [0.15, 0.2) is 10.7 Å². The second-order valence-corrected chi connectivity index (χ2v) is 13.8. The molecule has 0 atom stereocenters. The van der Waals surface area contributed by atoms with E-state index >= 15 is 0 Å². The Balaban J connectivity index is 1.67. The summed E-state index contributed by atoms with van der Waals surface area (Å²) < 4.78 is 49.7. The van der Waals surface area contributed by atoms with Crippen LogP contribution in [0, 0.1) is 0 Å². The molecule has 0 saturated heterocycles. The molecule has 1 N–H and O–H groups in total. The Morgan fingerprint density at radius 1 is 1.10 bits per heavy atom. The summed E-state index contributed by atoms with van der Waals surface area (Å²) in [6.07, 6.45) is -0.625. The van der Waals surface area contributed by atoms with Gasteiger partial charge in [-0.1, -0.05) is 63.4 Å². The lowest BCUT2D eigenvalue weighted by Gasteiger charge is -2.23. The van der Waals surface area contributed by atoms with Crippen molar-refractivity contribution in [3.05, 3.63) is 91.7 Å². The van der Waals surface area contributed by atoms with Crippen molar-refractivity contribution in [1.82, 2.24) is 4.98 Å². The number of halogens is 5. The zero-order chi connectivity index (χ0) is 30.7. The standard InChI is InChI=1S/C27H22BrCl2F2N2O6PS/c1-27(2,25(35)36)38-20-5-3-4-17(11-20)24-15-42-26(33-24)34(19-8-9-22(29)23(30)12-19)13-16-6-7-18(21(28)10-16)14-41(37,39-31)40-32/h3-12,15H,13-14H2,1-2H3,(H,35,36). The van der Waals surface area contributed by atoms with E-state index < -0.39 is 25.3 Å². The normalized spacial score (nSPS) is 11.9. The molecule has 0 radical (unpaired) electrons. The number of hydrogen-bond donors (Lipinski definition) is 1. The molecule has 0 spiro atoms. The van der Waals surface area contributed by atoms with Crippen LogP contribution in [0.3, 0.4) is 0 Å². The molecule has 0 fully saturated rings. The van der Waals surface area contributed by atoms with Gasteiger partial charge in [-0.3, -0.25) is 4.57 Å². The number of thiazole rings is 1. The Bertz CT molecular complexity index is 1650. The molecule has 4 rings (SSSR count). The molecule has 0 bridgehead atoms. The van der Waals surface area contributed by atoms with Crippen molar-refractivity contribution >= 4 is 74.9 Å². The summed E-state index contributed by atoms with van der Waals surface area (Å²) in [4.78, 5) is 18.2. The van der Waals surface area contributed by atoms with E-state index in [0.29, 0.717) is 47.9 Å². The highest BCUT2D eigenvalue weighted by molar-refractivity contribution is 9.10. The average molecular weight is 722 g/mol. The highest BCUT2D eigenvalue weighted by Crippen LogP contribution is 2.53. The summed E-state index contributed by atoms with van der Waals surface area (Å²) in [5.74, 6) is -0.720. The monoisotopic (exact) mass is 720 g/mol. The summed E-state index contributed by atoms with van der Waals surface area (Å²) in [5, 5.41) is 12.6. The summed E-state index contributed by atoms with van der Waals surface area (Å²) >= 11 is 17.2. The van der Waals surface area contributed by atoms with Gasteiger partial charge in [0.25, 0.3) is 0 Å². The minimum Gasteiger partial charge on any atom is -0.478 e. The van der Waals surface area contributed by atoms with Crippen LogP contribution >= 0.6 is 58.1 Å². The minimum absolute atomic E-state index is 0.288. The second kappa shape index (κ2) is 13.4. The van der Waals surface area contributed by atoms with Crippen molar-refractivity contribution in [2.75, 3.05) is 4.90 Å². The van der Waals surface area contributed by atoms with Crippen molar-refractivity contribution < 1.29 is 37.7 Å². The lowest BCUT2D eigenvalue weighted by molar-refractivity contribution is -0.152. The van der Waals surface area contributed by atoms with Crippen LogP contribution in [0.2, 0.25) is 10.0 Å². The van der Waals surface area contributed by atoms with Crippen molar-refractivity contribution in [3.63, 3.8) is 0 Å². The van der Waals surface area contributed by atoms with E-state index in [1.54, 1.807) is 54.6 Å². The fraction of sp³-hybridized carbons (Fsp3) is 0.185.